The molecule has 0 heterocycles. The summed E-state index contributed by atoms with van der Waals surface area (Å²) < 4.78 is 0. The Kier molecular flexibility index (Phi) is 3.15. The molecule has 1 aliphatic carbocycles. The molecule has 0 N–H and O–H groups in total. The molecule has 0 unspecified atom stereocenters. The molecule has 0 aromatic rings. The van der Waals surface area contributed by atoms with Gasteiger partial charge in [-0.2, -0.15) is 0 Å². The van der Waals surface area contributed by atoms with Crippen LogP contribution in [0.25, 0.3) is 0 Å². The van der Waals surface area contributed by atoms with Crippen LogP contribution in [-0.4, -0.2) is 0 Å². The van der Waals surface area contributed by atoms with Gasteiger partial charge in [-0.3, -0.25) is 0 Å². The van der Waals surface area contributed by atoms with E-state index in [0.29, 0.717) is 0 Å². The van der Waals surface area contributed by atoms with Gasteiger partial charge >= 0.3 is 0 Å². The third-order valence-corrected chi connectivity index (χ3v) is 2.04. The lowest BCUT2D eigenvalue weighted by Crippen LogP contribution is -1.68. The van der Waals surface area contributed by atoms with Crippen LogP contribution >= 0.6 is 0 Å². The standard InChI is InChI=1S/C11H16/c1-3-5-6-7-8-11-9-10(11)4-2/h4-8,10-11H,2-3,9H2,1H3/b6-5-,8-7-/t10-,11-/m0/s1. The molecule has 0 radical (unpaired) electrons. The first-order valence-corrected chi connectivity index (χ1v) is 4.34. The molecule has 0 aliphatic heterocycles. The maximum absolute atomic E-state index is 3.77. The smallest absolute Gasteiger partial charge is 0.0161 e. The molecular weight excluding hydrogens is 132 g/mol. The van der Waals surface area contributed by atoms with Crippen LogP contribution in [0.3, 0.4) is 0 Å². The fraction of sp³-hybridized carbons (Fsp3) is 0.455. The van der Waals surface area contributed by atoms with E-state index in [1.165, 1.54) is 6.42 Å². The molecule has 0 heteroatoms. The van der Waals surface area contributed by atoms with E-state index in [1.807, 2.05) is 0 Å². The van der Waals surface area contributed by atoms with Crippen LogP contribution in [0.5, 0.6) is 0 Å². The second kappa shape index (κ2) is 4.17. The Labute approximate surface area is 69.3 Å². The first-order chi connectivity index (χ1) is 5.38. The van der Waals surface area contributed by atoms with Crippen LogP contribution in [0.4, 0.5) is 0 Å². The summed E-state index contributed by atoms with van der Waals surface area (Å²) in [6.07, 6.45) is 13.2. The predicted molar refractivity (Wildman–Crippen MR) is 50.4 cm³/mol. The number of rotatable bonds is 4. The van der Waals surface area contributed by atoms with Gasteiger partial charge in [0.15, 0.2) is 0 Å². The molecule has 1 rings (SSSR count). The molecule has 1 fully saturated rings. The van der Waals surface area contributed by atoms with Crippen molar-refractivity contribution in [2.45, 2.75) is 19.8 Å². The number of allylic oxidation sites excluding steroid dienone is 5. The normalized spacial score (nSPS) is 29.9. The summed E-state index contributed by atoms with van der Waals surface area (Å²) in [7, 11) is 0. The zero-order valence-corrected chi connectivity index (χ0v) is 7.16. The highest BCUT2D eigenvalue weighted by Gasteiger charge is 2.30. The maximum atomic E-state index is 3.77. The fourth-order valence-electron chi connectivity index (χ4n) is 1.15. The summed E-state index contributed by atoms with van der Waals surface area (Å²) in [6, 6.07) is 0. The summed E-state index contributed by atoms with van der Waals surface area (Å²) in [5.41, 5.74) is 0. The van der Waals surface area contributed by atoms with E-state index in [9.17, 15) is 0 Å². The second-order valence-corrected chi connectivity index (χ2v) is 3.02. The fourth-order valence-corrected chi connectivity index (χ4v) is 1.15. The molecule has 11 heavy (non-hydrogen) atoms. The van der Waals surface area contributed by atoms with Crippen LogP contribution in [0.15, 0.2) is 37.0 Å². The van der Waals surface area contributed by atoms with Crippen molar-refractivity contribution in [3.63, 3.8) is 0 Å². The molecule has 0 amide bonds. The third kappa shape index (κ3) is 2.75. The van der Waals surface area contributed by atoms with E-state index in [4.69, 9.17) is 0 Å². The van der Waals surface area contributed by atoms with Gasteiger partial charge < -0.3 is 0 Å². The molecule has 0 aromatic carbocycles. The Morgan fingerprint density at radius 1 is 1.36 bits per heavy atom. The average molecular weight is 148 g/mol. The van der Waals surface area contributed by atoms with Crippen molar-refractivity contribution in [3.05, 3.63) is 37.0 Å². The molecular formula is C11H16. The highest BCUT2D eigenvalue weighted by molar-refractivity contribution is 5.13. The molecule has 1 aliphatic rings. The van der Waals surface area contributed by atoms with E-state index in [2.05, 4.69) is 43.9 Å². The lowest BCUT2D eigenvalue weighted by atomic mass is 10.3. The predicted octanol–water partition coefficient (Wildman–Crippen LogP) is 3.33. The first-order valence-electron chi connectivity index (χ1n) is 4.34. The Bertz CT molecular complexity index is 174. The van der Waals surface area contributed by atoms with Crippen molar-refractivity contribution in [2.24, 2.45) is 11.8 Å². The molecule has 0 nitrogen and oxygen atoms in total. The number of hydrogen-bond donors (Lipinski definition) is 0. The van der Waals surface area contributed by atoms with Gasteiger partial charge in [-0.05, 0) is 24.7 Å². The van der Waals surface area contributed by atoms with Gasteiger partial charge in [0.25, 0.3) is 0 Å². The van der Waals surface area contributed by atoms with E-state index >= 15 is 0 Å². The Morgan fingerprint density at radius 3 is 2.73 bits per heavy atom. The molecule has 60 valence electrons. The van der Waals surface area contributed by atoms with E-state index in [1.54, 1.807) is 0 Å². The van der Waals surface area contributed by atoms with Crippen LogP contribution in [0, 0.1) is 11.8 Å². The van der Waals surface area contributed by atoms with Gasteiger partial charge in [0.1, 0.15) is 0 Å². The Morgan fingerprint density at radius 2 is 2.18 bits per heavy atom. The van der Waals surface area contributed by atoms with Crippen LogP contribution < -0.4 is 0 Å². The van der Waals surface area contributed by atoms with E-state index in [0.717, 1.165) is 18.3 Å². The zero-order chi connectivity index (χ0) is 8.10. The van der Waals surface area contributed by atoms with Gasteiger partial charge in [-0.15, -0.1) is 6.58 Å². The summed E-state index contributed by atoms with van der Waals surface area (Å²) >= 11 is 0. The highest BCUT2D eigenvalue weighted by atomic mass is 14.3. The van der Waals surface area contributed by atoms with Gasteiger partial charge in [0.2, 0.25) is 0 Å². The van der Waals surface area contributed by atoms with Crippen molar-refractivity contribution in [1.29, 1.82) is 0 Å². The molecule has 0 spiro atoms. The average Bonchev–Trinajstić information content (AvgIpc) is 2.77. The molecule has 1 saturated carbocycles. The van der Waals surface area contributed by atoms with E-state index < -0.39 is 0 Å². The maximum Gasteiger partial charge on any atom is -0.0161 e. The highest BCUT2D eigenvalue weighted by Crippen LogP contribution is 2.40. The molecule has 0 saturated heterocycles. The SMILES string of the molecule is C=C[C@H]1C[C@@H]1/C=C\C=C/CC. The summed E-state index contributed by atoms with van der Waals surface area (Å²) in [5.74, 6) is 1.55. The van der Waals surface area contributed by atoms with Crippen molar-refractivity contribution in [3.8, 4) is 0 Å². The second-order valence-electron chi connectivity index (χ2n) is 3.02. The van der Waals surface area contributed by atoms with Crippen LogP contribution in [0.1, 0.15) is 19.8 Å². The van der Waals surface area contributed by atoms with Crippen molar-refractivity contribution >= 4 is 0 Å². The minimum Gasteiger partial charge on any atom is -0.103 e. The lowest BCUT2D eigenvalue weighted by molar-refractivity contribution is 0.998. The van der Waals surface area contributed by atoms with E-state index in [-0.39, 0.29) is 0 Å². The summed E-state index contributed by atoms with van der Waals surface area (Å²) in [6.45, 7) is 5.91. The van der Waals surface area contributed by atoms with Crippen LogP contribution in [-0.2, 0) is 0 Å². The Balaban J connectivity index is 2.17. The van der Waals surface area contributed by atoms with Gasteiger partial charge in [0.05, 0.1) is 0 Å². The number of hydrogen-bond acceptors (Lipinski definition) is 0. The Hall–Kier alpha value is -0.780. The van der Waals surface area contributed by atoms with Gasteiger partial charge in [-0.1, -0.05) is 37.3 Å². The lowest BCUT2D eigenvalue weighted by Gasteiger charge is -1.80. The van der Waals surface area contributed by atoms with Gasteiger partial charge in [0, 0.05) is 0 Å². The summed E-state index contributed by atoms with van der Waals surface area (Å²) in [4.78, 5) is 0. The quantitative estimate of drug-likeness (QED) is 0.424. The third-order valence-electron chi connectivity index (χ3n) is 2.04. The summed E-state index contributed by atoms with van der Waals surface area (Å²) in [5, 5.41) is 0. The topological polar surface area (TPSA) is 0 Å². The van der Waals surface area contributed by atoms with Gasteiger partial charge in [-0.25, -0.2) is 0 Å². The monoisotopic (exact) mass is 148 g/mol. The van der Waals surface area contributed by atoms with Crippen molar-refractivity contribution < 1.29 is 0 Å². The first kappa shape index (κ1) is 8.32. The minimum atomic E-state index is 0.765. The minimum absolute atomic E-state index is 0.765. The molecule has 2 atom stereocenters. The molecule has 0 bridgehead atoms. The van der Waals surface area contributed by atoms with Crippen molar-refractivity contribution in [1.82, 2.24) is 0 Å². The van der Waals surface area contributed by atoms with Crippen LogP contribution in [0.2, 0.25) is 0 Å². The zero-order valence-electron chi connectivity index (χ0n) is 7.16. The largest absolute Gasteiger partial charge is 0.103 e. The molecule has 0 aromatic heterocycles. The van der Waals surface area contributed by atoms with Crippen molar-refractivity contribution in [2.75, 3.05) is 0 Å².